The molecule has 0 aromatic heterocycles. The minimum absolute atomic E-state index is 0.307. The first-order chi connectivity index (χ1) is 24.8. The van der Waals surface area contributed by atoms with Crippen LogP contribution in [-0.2, 0) is 0 Å². The Morgan fingerprint density at radius 3 is 1.70 bits per heavy atom. The third-order valence-electron chi connectivity index (χ3n) is 10.4. The van der Waals surface area contributed by atoms with Gasteiger partial charge in [-0.1, -0.05) is 152 Å². The first-order valence-electron chi connectivity index (χ1n) is 17.6. The third kappa shape index (κ3) is 5.59. The van der Waals surface area contributed by atoms with Gasteiger partial charge in [-0.2, -0.15) is 0 Å². The molecule has 3 atom stereocenters. The fourth-order valence-corrected chi connectivity index (χ4v) is 7.81. The number of nitrogens with zero attached hydrogens (tertiary/aromatic N) is 2. The molecular weight excluding hydrogens is 605 g/mol. The molecule has 2 heteroatoms. The highest BCUT2D eigenvalue weighted by atomic mass is 15.2. The monoisotopic (exact) mass is 642 g/mol. The van der Waals surface area contributed by atoms with Crippen LogP contribution in [0.15, 0.2) is 206 Å². The molecule has 1 aliphatic heterocycles. The highest BCUT2D eigenvalue weighted by molar-refractivity contribution is 5.79. The van der Waals surface area contributed by atoms with Crippen molar-refractivity contribution in [3.8, 4) is 22.3 Å². The zero-order valence-electron chi connectivity index (χ0n) is 27.9. The van der Waals surface area contributed by atoms with Crippen molar-refractivity contribution in [3.63, 3.8) is 0 Å². The van der Waals surface area contributed by atoms with Crippen LogP contribution in [0.2, 0.25) is 0 Å². The quantitative estimate of drug-likeness (QED) is 0.171. The Morgan fingerprint density at radius 2 is 1.06 bits per heavy atom. The molecule has 2 nitrogen and oxygen atoms in total. The number of para-hydroxylation sites is 1. The number of fused-ring (bicyclic) bond motifs is 3. The maximum atomic E-state index is 2.49. The van der Waals surface area contributed by atoms with Crippen LogP contribution in [0.25, 0.3) is 22.3 Å². The lowest BCUT2D eigenvalue weighted by molar-refractivity contribution is 0.745. The molecule has 0 bridgehead atoms. The van der Waals surface area contributed by atoms with Gasteiger partial charge in [-0.3, -0.25) is 0 Å². The van der Waals surface area contributed by atoms with E-state index in [4.69, 9.17) is 0 Å². The molecule has 3 unspecified atom stereocenters. The maximum Gasteiger partial charge on any atom is 0.0629 e. The zero-order chi connectivity index (χ0) is 33.3. The van der Waals surface area contributed by atoms with Gasteiger partial charge in [-0.25, -0.2) is 0 Å². The van der Waals surface area contributed by atoms with Gasteiger partial charge in [0.1, 0.15) is 0 Å². The lowest BCUT2D eigenvalue weighted by atomic mass is 9.91. The minimum Gasteiger partial charge on any atom is -0.333 e. The van der Waals surface area contributed by atoms with Crippen molar-refractivity contribution in [2.24, 2.45) is 0 Å². The molecule has 0 saturated heterocycles. The SMILES string of the molecule is C1=CC2c3ccccc3N(c3ccc(-c4ccc(N(C5=CCC(c6ccccc6)C=C5)c5ccc(-c6ccccc6)cc5)cc4)cc3)C2C=C1. The predicted molar refractivity (Wildman–Crippen MR) is 210 cm³/mol. The Balaban J connectivity index is 1.01. The van der Waals surface area contributed by atoms with Crippen LogP contribution < -0.4 is 9.80 Å². The molecule has 9 rings (SSSR count). The molecular formula is C48H38N2. The fourth-order valence-electron chi connectivity index (χ4n) is 7.81. The molecule has 3 aliphatic rings. The van der Waals surface area contributed by atoms with Crippen molar-refractivity contribution >= 4 is 22.7 Å². The summed E-state index contributed by atoms with van der Waals surface area (Å²) in [6, 6.07) is 57.6. The van der Waals surface area contributed by atoms with Crippen LogP contribution in [0, 0.1) is 0 Å². The van der Waals surface area contributed by atoms with E-state index >= 15 is 0 Å². The molecule has 0 saturated carbocycles. The topological polar surface area (TPSA) is 6.48 Å². The molecule has 0 N–H and O–H groups in total. The first kappa shape index (κ1) is 30.0. The van der Waals surface area contributed by atoms with Gasteiger partial charge in [0.05, 0.1) is 6.04 Å². The van der Waals surface area contributed by atoms with Gasteiger partial charge in [0.25, 0.3) is 0 Å². The molecule has 50 heavy (non-hydrogen) atoms. The Labute approximate surface area is 295 Å². The summed E-state index contributed by atoms with van der Waals surface area (Å²) in [5.74, 6) is 0.775. The first-order valence-corrected chi connectivity index (χ1v) is 17.6. The highest BCUT2D eigenvalue weighted by Crippen LogP contribution is 2.47. The summed E-state index contributed by atoms with van der Waals surface area (Å²) in [4.78, 5) is 4.87. The minimum atomic E-state index is 0.307. The number of hydrogen-bond donors (Lipinski definition) is 0. The second-order valence-electron chi connectivity index (χ2n) is 13.3. The van der Waals surface area contributed by atoms with E-state index in [1.165, 1.54) is 50.5 Å². The van der Waals surface area contributed by atoms with Crippen LogP contribution in [0.1, 0.15) is 29.4 Å². The second-order valence-corrected chi connectivity index (χ2v) is 13.3. The molecule has 0 fully saturated rings. The van der Waals surface area contributed by atoms with E-state index in [2.05, 4.69) is 210 Å². The molecule has 0 amide bonds. The zero-order valence-corrected chi connectivity index (χ0v) is 27.9. The van der Waals surface area contributed by atoms with E-state index < -0.39 is 0 Å². The standard InChI is InChI=1S/C48H38N2/c1-3-11-35(12-4-1)37-19-27-41(28-20-37)49(42-29-21-38(22-30-42)36-13-5-2-6-14-36)43-31-23-39(24-32-43)40-25-33-44(34-26-40)50-47-17-9-7-15-45(47)46-16-8-10-18-48(46)50/h1-21,23-34,38,45,47H,22H2. The van der Waals surface area contributed by atoms with Crippen molar-refractivity contribution in [3.05, 3.63) is 217 Å². The molecule has 6 aromatic rings. The summed E-state index contributed by atoms with van der Waals surface area (Å²) in [6.45, 7) is 0. The summed E-state index contributed by atoms with van der Waals surface area (Å²) in [5, 5.41) is 0. The summed E-state index contributed by atoms with van der Waals surface area (Å²) in [6.07, 6.45) is 17.0. The van der Waals surface area contributed by atoms with Gasteiger partial charge in [-0.05, 0) is 88.3 Å². The van der Waals surface area contributed by atoms with E-state index in [0.29, 0.717) is 17.9 Å². The summed E-state index contributed by atoms with van der Waals surface area (Å²) in [7, 11) is 0. The van der Waals surface area contributed by atoms with Crippen molar-refractivity contribution in [2.45, 2.75) is 24.3 Å². The molecule has 0 spiro atoms. The Hall–Kier alpha value is -6.12. The summed E-state index contributed by atoms with van der Waals surface area (Å²) < 4.78 is 0. The maximum absolute atomic E-state index is 2.49. The van der Waals surface area contributed by atoms with Crippen LogP contribution >= 0.6 is 0 Å². The van der Waals surface area contributed by atoms with Gasteiger partial charge >= 0.3 is 0 Å². The highest BCUT2D eigenvalue weighted by Gasteiger charge is 2.36. The molecule has 0 radical (unpaired) electrons. The molecule has 2 aliphatic carbocycles. The van der Waals surface area contributed by atoms with E-state index in [9.17, 15) is 0 Å². The van der Waals surface area contributed by atoms with Crippen molar-refractivity contribution in [1.82, 2.24) is 0 Å². The molecule has 240 valence electrons. The van der Waals surface area contributed by atoms with Crippen molar-refractivity contribution in [1.29, 1.82) is 0 Å². The second kappa shape index (κ2) is 13.1. The lowest BCUT2D eigenvalue weighted by Crippen LogP contribution is -2.28. The number of allylic oxidation sites excluding steroid dienone is 5. The Morgan fingerprint density at radius 1 is 0.500 bits per heavy atom. The number of rotatable bonds is 7. The fraction of sp³-hybridized carbons (Fsp3) is 0.0833. The van der Waals surface area contributed by atoms with Crippen LogP contribution in [0.4, 0.5) is 22.7 Å². The molecule has 6 aromatic carbocycles. The van der Waals surface area contributed by atoms with Gasteiger partial charge < -0.3 is 9.80 Å². The van der Waals surface area contributed by atoms with Crippen LogP contribution in [0.3, 0.4) is 0 Å². The largest absolute Gasteiger partial charge is 0.333 e. The van der Waals surface area contributed by atoms with Gasteiger partial charge in [0.2, 0.25) is 0 Å². The average Bonchev–Trinajstić information content (AvgIpc) is 3.54. The Bertz CT molecular complexity index is 2230. The van der Waals surface area contributed by atoms with Gasteiger partial charge in [-0.15, -0.1) is 0 Å². The number of benzene rings is 6. The number of hydrogen-bond acceptors (Lipinski definition) is 2. The predicted octanol–water partition coefficient (Wildman–Crippen LogP) is 12.5. The van der Waals surface area contributed by atoms with E-state index in [-0.39, 0.29) is 0 Å². The van der Waals surface area contributed by atoms with Gasteiger partial charge in [0, 0.05) is 40.3 Å². The summed E-state index contributed by atoms with van der Waals surface area (Å²) in [5.41, 5.74) is 13.6. The van der Waals surface area contributed by atoms with E-state index in [1.807, 2.05) is 0 Å². The van der Waals surface area contributed by atoms with Crippen molar-refractivity contribution < 1.29 is 0 Å². The smallest absolute Gasteiger partial charge is 0.0629 e. The summed E-state index contributed by atoms with van der Waals surface area (Å²) >= 11 is 0. The van der Waals surface area contributed by atoms with Crippen LogP contribution in [0.5, 0.6) is 0 Å². The normalized spacial score (nSPS) is 18.8. The van der Waals surface area contributed by atoms with Crippen molar-refractivity contribution in [2.75, 3.05) is 9.80 Å². The Kier molecular flexibility index (Phi) is 7.83. The number of anilines is 4. The average molecular weight is 643 g/mol. The lowest BCUT2D eigenvalue weighted by Gasteiger charge is -2.29. The van der Waals surface area contributed by atoms with E-state index in [1.54, 1.807) is 0 Å². The van der Waals surface area contributed by atoms with Crippen LogP contribution in [-0.4, -0.2) is 6.04 Å². The van der Waals surface area contributed by atoms with Gasteiger partial charge in [0.15, 0.2) is 0 Å². The third-order valence-corrected chi connectivity index (χ3v) is 10.4. The van der Waals surface area contributed by atoms with E-state index in [0.717, 1.165) is 17.8 Å². The molecule has 1 heterocycles.